The summed E-state index contributed by atoms with van der Waals surface area (Å²) in [7, 11) is 0. The van der Waals surface area contributed by atoms with E-state index in [-0.39, 0.29) is 35.5 Å². The molecule has 2 N–H and O–H groups in total. The molecule has 6 nitrogen and oxygen atoms in total. The fraction of sp³-hybridized carbons (Fsp3) is 0.400. The molecule has 0 aromatic heterocycles. The van der Waals surface area contributed by atoms with Crippen LogP contribution in [0.15, 0.2) is 18.2 Å². The van der Waals surface area contributed by atoms with Gasteiger partial charge in [-0.15, -0.1) is 0 Å². The van der Waals surface area contributed by atoms with Crippen LogP contribution in [0, 0.1) is 5.82 Å². The van der Waals surface area contributed by atoms with Crippen molar-refractivity contribution >= 4 is 29.4 Å². The molecule has 0 aliphatic heterocycles. The van der Waals surface area contributed by atoms with E-state index in [2.05, 4.69) is 10.6 Å². The van der Waals surface area contributed by atoms with Gasteiger partial charge in [-0.25, -0.2) is 4.39 Å². The van der Waals surface area contributed by atoms with Crippen molar-refractivity contribution < 1.29 is 23.5 Å². The number of carbonyl (C=O) groups excluding carboxylic acids is 3. The standard InChI is InChI=1S/C15H18ClFN2O4/c1-9(2)19-13(20)7-18-14(21)8-23-15(22)6-10-11(16)4-3-5-12(10)17/h3-5,9H,6-8H2,1-2H3,(H,18,21)(H,19,20). The second-order valence-corrected chi connectivity index (χ2v) is 5.44. The highest BCUT2D eigenvalue weighted by Gasteiger charge is 2.14. The first-order chi connectivity index (χ1) is 10.8. The molecule has 1 aromatic rings. The highest BCUT2D eigenvalue weighted by Crippen LogP contribution is 2.19. The van der Waals surface area contributed by atoms with Crippen molar-refractivity contribution in [1.29, 1.82) is 0 Å². The Morgan fingerprint density at radius 1 is 1.26 bits per heavy atom. The largest absolute Gasteiger partial charge is 0.455 e. The molecule has 0 bridgehead atoms. The van der Waals surface area contributed by atoms with Gasteiger partial charge >= 0.3 is 5.97 Å². The van der Waals surface area contributed by atoms with Crippen molar-refractivity contribution in [3.05, 3.63) is 34.6 Å². The third-order valence-corrected chi connectivity index (χ3v) is 3.00. The number of amides is 2. The molecule has 126 valence electrons. The predicted molar refractivity (Wildman–Crippen MR) is 82.4 cm³/mol. The van der Waals surface area contributed by atoms with Crippen molar-refractivity contribution in [2.75, 3.05) is 13.2 Å². The Morgan fingerprint density at radius 3 is 2.57 bits per heavy atom. The van der Waals surface area contributed by atoms with Crippen LogP contribution in [0.5, 0.6) is 0 Å². The molecule has 8 heteroatoms. The van der Waals surface area contributed by atoms with E-state index >= 15 is 0 Å². The maximum atomic E-state index is 13.5. The topological polar surface area (TPSA) is 84.5 Å². The van der Waals surface area contributed by atoms with E-state index < -0.39 is 24.3 Å². The molecular formula is C15H18ClFN2O4. The summed E-state index contributed by atoms with van der Waals surface area (Å²) >= 11 is 5.79. The minimum Gasteiger partial charge on any atom is -0.455 e. The smallest absolute Gasteiger partial charge is 0.310 e. The van der Waals surface area contributed by atoms with Gasteiger partial charge in [-0.1, -0.05) is 17.7 Å². The maximum absolute atomic E-state index is 13.5. The van der Waals surface area contributed by atoms with Crippen LogP contribution in [-0.2, 0) is 25.5 Å². The van der Waals surface area contributed by atoms with E-state index in [1.54, 1.807) is 13.8 Å². The van der Waals surface area contributed by atoms with E-state index in [9.17, 15) is 18.8 Å². The zero-order valence-electron chi connectivity index (χ0n) is 12.8. The summed E-state index contributed by atoms with van der Waals surface area (Å²) < 4.78 is 18.2. The molecule has 2 amide bonds. The van der Waals surface area contributed by atoms with Gasteiger partial charge in [0, 0.05) is 16.6 Å². The van der Waals surface area contributed by atoms with Gasteiger partial charge in [0.15, 0.2) is 6.61 Å². The second-order valence-electron chi connectivity index (χ2n) is 5.04. The van der Waals surface area contributed by atoms with Crippen LogP contribution in [-0.4, -0.2) is 37.0 Å². The summed E-state index contributed by atoms with van der Waals surface area (Å²) in [5, 5.41) is 5.00. The Bertz CT molecular complexity index is 573. The number of halogens is 2. The summed E-state index contributed by atoms with van der Waals surface area (Å²) in [6.45, 7) is 2.80. The van der Waals surface area contributed by atoms with Crippen molar-refractivity contribution in [2.45, 2.75) is 26.3 Å². The summed E-state index contributed by atoms with van der Waals surface area (Å²) in [6.07, 6.45) is -0.382. The van der Waals surface area contributed by atoms with Crippen molar-refractivity contribution in [3.63, 3.8) is 0 Å². The number of hydrogen-bond acceptors (Lipinski definition) is 4. The van der Waals surface area contributed by atoms with E-state index in [1.165, 1.54) is 18.2 Å². The monoisotopic (exact) mass is 344 g/mol. The van der Waals surface area contributed by atoms with Crippen molar-refractivity contribution in [1.82, 2.24) is 10.6 Å². The van der Waals surface area contributed by atoms with Gasteiger partial charge in [0.1, 0.15) is 5.82 Å². The minimum atomic E-state index is -0.793. The number of esters is 1. The number of benzene rings is 1. The zero-order chi connectivity index (χ0) is 17.4. The first-order valence-electron chi connectivity index (χ1n) is 6.94. The number of ether oxygens (including phenoxy) is 1. The number of carbonyl (C=O) groups is 3. The lowest BCUT2D eigenvalue weighted by Crippen LogP contribution is -2.41. The molecule has 0 aliphatic rings. The summed E-state index contributed by atoms with van der Waals surface area (Å²) in [4.78, 5) is 34.4. The van der Waals surface area contributed by atoms with Gasteiger partial charge in [-0.2, -0.15) is 0 Å². The first-order valence-corrected chi connectivity index (χ1v) is 7.32. The van der Waals surface area contributed by atoms with E-state index in [0.29, 0.717) is 0 Å². The molecule has 0 unspecified atom stereocenters. The van der Waals surface area contributed by atoms with Crippen molar-refractivity contribution in [2.24, 2.45) is 0 Å². The molecule has 0 fully saturated rings. The summed E-state index contributed by atoms with van der Waals surface area (Å²) in [5.74, 6) is -2.39. The highest BCUT2D eigenvalue weighted by molar-refractivity contribution is 6.31. The van der Waals surface area contributed by atoms with Gasteiger partial charge in [0.25, 0.3) is 5.91 Å². The average molecular weight is 345 g/mol. The van der Waals surface area contributed by atoms with Gasteiger partial charge in [-0.3, -0.25) is 14.4 Å². The van der Waals surface area contributed by atoms with Crippen LogP contribution < -0.4 is 10.6 Å². The third kappa shape index (κ3) is 7.10. The summed E-state index contributed by atoms with van der Waals surface area (Å²) in [6, 6.07) is 4.01. The molecule has 0 atom stereocenters. The fourth-order valence-corrected chi connectivity index (χ4v) is 1.88. The molecule has 23 heavy (non-hydrogen) atoms. The quantitative estimate of drug-likeness (QED) is 0.728. The lowest BCUT2D eigenvalue weighted by molar-refractivity contribution is -0.148. The molecular weight excluding hydrogens is 327 g/mol. The van der Waals surface area contributed by atoms with Gasteiger partial charge in [-0.05, 0) is 26.0 Å². The summed E-state index contributed by atoms with van der Waals surface area (Å²) in [5.41, 5.74) is 0.0101. The Morgan fingerprint density at radius 2 is 1.96 bits per heavy atom. The van der Waals surface area contributed by atoms with Crippen LogP contribution in [0.3, 0.4) is 0 Å². The molecule has 0 spiro atoms. The van der Waals surface area contributed by atoms with Crippen LogP contribution in [0.1, 0.15) is 19.4 Å². The molecule has 0 radical (unpaired) electrons. The number of nitrogens with one attached hydrogen (secondary N) is 2. The van der Waals surface area contributed by atoms with E-state index in [1.807, 2.05) is 0 Å². The SMILES string of the molecule is CC(C)NC(=O)CNC(=O)COC(=O)Cc1c(F)cccc1Cl. The van der Waals surface area contributed by atoms with E-state index in [4.69, 9.17) is 16.3 Å². The maximum Gasteiger partial charge on any atom is 0.310 e. The molecule has 1 aromatic carbocycles. The van der Waals surface area contributed by atoms with Crippen LogP contribution >= 0.6 is 11.6 Å². The van der Waals surface area contributed by atoms with Crippen LogP contribution in [0.4, 0.5) is 4.39 Å². The Kier molecular flexibility index (Phi) is 7.47. The molecule has 0 saturated heterocycles. The van der Waals surface area contributed by atoms with Gasteiger partial charge in [0.2, 0.25) is 5.91 Å². The zero-order valence-corrected chi connectivity index (χ0v) is 13.6. The third-order valence-electron chi connectivity index (χ3n) is 2.64. The molecule has 1 rings (SSSR count). The van der Waals surface area contributed by atoms with Crippen LogP contribution in [0.25, 0.3) is 0 Å². The van der Waals surface area contributed by atoms with Crippen molar-refractivity contribution in [3.8, 4) is 0 Å². The Hall–Kier alpha value is -2.15. The number of hydrogen-bond donors (Lipinski definition) is 2. The molecule has 0 aliphatic carbocycles. The van der Waals surface area contributed by atoms with Gasteiger partial charge in [0.05, 0.1) is 13.0 Å². The average Bonchev–Trinajstić information content (AvgIpc) is 2.46. The predicted octanol–water partition coefficient (Wildman–Crippen LogP) is 1.21. The van der Waals surface area contributed by atoms with Gasteiger partial charge < -0.3 is 15.4 Å². The minimum absolute atomic E-state index is 0.0101. The molecule has 0 saturated carbocycles. The number of rotatable bonds is 7. The molecule has 0 heterocycles. The van der Waals surface area contributed by atoms with E-state index in [0.717, 1.165) is 0 Å². The highest BCUT2D eigenvalue weighted by atomic mass is 35.5. The lowest BCUT2D eigenvalue weighted by atomic mass is 10.1. The Balaban J connectivity index is 2.36. The van der Waals surface area contributed by atoms with Crippen LogP contribution in [0.2, 0.25) is 5.02 Å². The second kappa shape index (κ2) is 9.09. The first kappa shape index (κ1) is 18.9. The fourth-order valence-electron chi connectivity index (χ4n) is 1.65. The normalized spacial score (nSPS) is 10.3. The Labute approximate surface area is 138 Å². The lowest BCUT2D eigenvalue weighted by Gasteiger charge is -2.10.